The normalized spacial score (nSPS) is 31.6. The second-order valence-corrected chi connectivity index (χ2v) is 9.36. The van der Waals surface area contributed by atoms with E-state index in [0.29, 0.717) is 0 Å². The Morgan fingerprint density at radius 3 is 2.74 bits per heavy atom. The molecule has 27 heavy (non-hydrogen) atoms. The molecule has 1 aromatic rings. The Bertz CT molecular complexity index is 810. The van der Waals surface area contributed by atoms with E-state index in [1.54, 1.807) is 6.92 Å². The fourth-order valence-corrected chi connectivity index (χ4v) is 4.48. The average Bonchev–Trinajstić information content (AvgIpc) is 2.83. The molecule has 0 radical (unpaired) electrons. The number of aromatic nitrogens is 2. The minimum absolute atomic E-state index is 0.0379. The molecule has 0 saturated carbocycles. The Labute approximate surface area is 156 Å². The fraction of sp³-hybridized carbons (Fsp3) is 0.750. The van der Waals surface area contributed by atoms with Gasteiger partial charge in [0.1, 0.15) is 12.2 Å². The third kappa shape index (κ3) is 4.75. The molecule has 1 aliphatic rings. The summed E-state index contributed by atoms with van der Waals surface area (Å²) in [6, 6.07) is 1.02. The summed E-state index contributed by atoms with van der Waals surface area (Å²) in [7, 11) is -3.18. The number of H-pyrrole nitrogens is 1. The van der Waals surface area contributed by atoms with Crippen LogP contribution < -0.4 is 16.3 Å². The van der Waals surface area contributed by atoms with Crippen molar-refractivity contribution in [2.45, 2.75) is 64.3 Å². The monoisotopic (exact) mass is 407 g/mol. The first-order chi connectivity index (χ1) is 12.5. The molecule has 11 heteroatoms. The summed E-state index contributed by atoms with van der Waals surface area (Å²) in [6.45, 7) is 6.27. The van der Waals surface area contributed by atoms with Gasteiger partial charge in [0.25, 0.3) is 13.1 Å². The molecule has 1 aromatic heterocycles. The molecule has 9 nitrogen and oxygen atoms in total. The van der Waals surface area contributed by atoms with Crippen LogP contribution in [0.1, 0.15) is 40.3 Å². The highest BCUT2D eigenvalue weighted by molar-refractivity contribution is 7.56. The summed E-state index contributed by atoms with van der Waals surface area (Å²) in [6.07, 6.45) is -2.15. The Balaban J connectivity index is 2.17. The number of ether oxygens (including phenoxy) is 1. The zero-order valence-electron chi connectivity index (χ0n) is 15.8. The highest BCUT2D eigenvalue weighted by atomic mass is 31.2. The van der Waals surface area contributed by atoms with E-state index in [-0.39, 0.29) is 18.8 Å². The van der Waals surface area contributed by atoms with Crippen molar-refractivity contribution in [2.24, 2.45) is 0 Å². The Morgan fingerprint density at radius 2 is 2.19 bits per heavy atom. The van der Waals surface area contributed by atoms with E-state index in [1.165, 1.54) is 0 Å². The van der Waals surface area contributed by atoms with E-state index in [1.807, 2.05) is 18.8 Å². The lowest BCUT2D eigenvalue weighted by Gasteiger charge is -2.25. The molecule has 0 aliphatic carbocycles. The second kappa shape index (κ2) is 8.36. The predicted octanol–water partition coefficient (Wildman–Crippen LogP) is 1.14. The first-order valence-corrected chi connectivity index (χ1v) is 10.7. The van der Waals surface area contributed by atoms with Gasteiger partial charge in [-0.3, -0.25) is 18.9 Å². The van der Waals surface area contributed by atoms with Crippen LogP contribution in [0.15, 0.2) is 21.9 Å². The van der Waals surface area contributed by atoms with E-state index >= 15 is 4.39 Å². The highest BCUT2D eigenvalue weighted by Crippen LogP contribution is 2.46. The number of aliphatic hydroxyl groups excluding tert-OH is 1. The van der Waals surface area contributed by atoms with Crippen molar-refractivity contribution in [3.05, 3.63) is 33.1 Å². The maximum Gasteiger partial charge on any atom is 0.330 e. The summed E-state index contributed by atoms with van der Waals surface area (Å²) >= 11 is 0. The quantitative estimate of drug-likeness (QED) is 0.552. The molecule has 1 saturated heterocycles. The van der Waals surface area contributed by atoms with Crippen LogP contribution in [0.3, 0.4) is 0 Å². The lowest BCUT2D eigenvalue weighted by Crippen LogP contribution is -2.43. The summed E-state index contributed by atoms with van der Waals surface area (Å²) in [5.41, 5.74) is -3.81. The van der Waals surface area contributed by atoms with Gasteiger partial charge in [0.2, 0.25) is 0 Å². The van der Waals surface area contributed by atoms with E-state index in [4.69, 9.17) is 9.26 Å². The summed E-state index contributed by atoms with van der Waals surface area (Å²) in [4.78, 5) is 25.1. The van der Waals surface area contributed by atoms with Gasteiger partial charge in [0, 0.05) is 24.5 Å². The third-order valence-corrected chi connectivity index (χ3v) is 6.95. The number of rotatable bonds is 8. The fourth-order valence-electron chi connectivity index (χ4n) is 2.80. The number of aromatic amines is 1. The van der Waals surface area contributed by atoms with Crippen LogP contribution in [0, 0.1) is 0 Å². The molecule has 0 aromatic carbocycles. The van der Waals surface area contributed by atoms with Crippen LogP contribution in [0.2, 0.25) is 0 Å². The molecule has 6 atom stereocenters. The van der Waals surface area contributed by atoms with Crippen molar-refractivity contribution in [1.82, 2.24) is 14.6 Å². The topological polar surface area (TPSA) is 123 Å². The maximum atomic E-state index is 15.1. The highest BCUT2D eigenvalue weighted by Gasteiger charge is 2.55. The van der Waals surface area contributed by atoms with Crippen molar-refractivity contribution >= 4 is 7.52 Å². The van der Waals surface area contributed by atoms with Crippen LogP contribution in [0.25, 0.3) is 0 Å². The first kappa shape index (κ1) is 22.0. The van der Waals surface area contributed by atoms with Gasteiger partial charge in [-0.25, -0.2) is 14.3 Å². The zero-order chi connectivity index (χ0) is 20.4. The van der Waals surface area contributed by atoms with Crippen LogP contribution in [-0.4, -0.2) is 51.3 Å². The van der Waals surface area contributed by atoms with Crippen molar-refractivity contribution in [3.63, 3.8) is 0 Å². The minimum Gasteiger partial charge on any atom is -0.387 e. The van der Waals surface area contributed by atoms with Crippen LogP contribution >= 0.6 is 7.52 Å². The van der Waals surface area contributed by atoms with Crippen molar-refractivity contribution in [3.8, 4) is 0 Å². The number of hydrogen-bond donors (Lipinski definition) is 3. The Morgan fingerprint density at radius 1 is 1.52 bits per heavy atom. The molecule has 3 N–H and O–H groups in total. The summed E-state index contributed by atoms with van der Waals surface area (Å²) < 4.78 is 39.7. The largest absolute Gasteiger partial charge is 0.387 e. The summed E-state index contributed by atoms with van der Waals surface area (Å²) in [5.74, 6) is 0. The SMILES string of the molecule is CC[C@H](C)NP(=O)(CC)OC[C@H]1O[C@@H](n2ccc(=O)[nH]c2=O)[C@](C)(F)[C@@H]1O. The lowest BCUT2D eigenvalue weighted by molar-refractivity contribution is -0.0585. The van der Waals surface area contributed by atoms with Gasteiger partial charge in [-0.15, -0.1) is 0 Å². The first-order valence-electron chi connectivity index (χ1n) is 8.89. The Hall–Kier alpha value is -1.32. The minimum atomic E-state index is -3.18. The van der Waals surface area contributed by atoms with Crippen LogP contribution in [0.4, 0.5) is 4.39 Å². The average molecular weight is 407 g/mol. The van der Waals surface area contributed by atoms with E-state index in [0.717, 1.165) is 30.2 Å². The van der Waals surface area contributed by atoms with E-state index in [9.17, 15) is 19.3 Å². The number of nitrogens with zero attached hydrogens (tertiary/aromatic N) is 1. The molecule has 154 valence electrons. The van der Waals surface area contributed by atoms with Crippen LogP contribution in [-0.2, 0) is 13.8 Å². The molecule has 2 heterocycles. The second-order valence-electron chi connectivity index (χ2n) is 6.86. The predicted molar refractivity (Wildman–Crippen MR) is 97.7 cm³/mol. The number of alkyl halides is 1. The zero-order valence-corrected chi connectivity index (χ0v) is 16.7. The molecule has 1 unspecified atom stereocenters. The standard InChI is InChI=1S/C16H27FN3O6P/c1-5-10(3)19-27(24,6-2)25-9-11-13(22)16(4,17)14(26-11)20-8-7-12(21)18-15(20)23/h7-8,10-11,13-14,22H,5-6,9H2,1-4H3,(H,19,24)(H,18,21,23)/t10-,11+,13+,14+,16+,27?/m0/s1. The number of hydrogen-bond acceptors (Lipinski definition) is 6. The molecule has 1 fully saturated rings. The Kier molecular flexibility index (Phi) is 6.81. The number of nitrogens with one attached hydrogen (secondary N) is 2. The number of halogens is 1. The van der Waals surface area contributed by atoms with Crippen molar-refractivity contribution in [1.29, 1.82) is 0 Å². The number of aliphatic hydroxyl groups is 1. The third-order valence-electron chi connectivity index (χ3n) is 4.71. The lowest BCUT2D eigenvalue weighted by atomic mass is 9.98. The van der Waals surface area contributed by atoms with E-state index in [2.05, 4.69) is 5.09 Å². The van der Waals surface area contributed by atoms with Gasteiger partial charge < -0.3 is 14.4 Å². The van der Waals surface area contributed by atoms with Gasteiger partial charge in [0.15, 0.2) is 11.9 Å². The van der Waals surface area contributed by atoms with Gasteiger partial charge in [0.05, 0.1) is 6.61 Å². The molecule has 2 rings (SSSR count). The van der Waals surface area contributed by atoms with Crippen molar-refractivity contribution in [2.75, 3.05) is 12.8 Å². The molecule has 0 bridgehead atoms. The summed E-state index contributed by atoms with van der Waals surface area (Å²) in [5, 5.41) is 13.2. The van der Waals surface area contributed by atoms with E-state index < -0.39 is 42.9 Å². The molecule has 0 amide bonds. The molecular formula is C16H27FN3O6P. The van der Waals surface area contributed by atoms with Gasteiger partial charge >= 0.3 is 5.69 Å². The van der Waals surface area contributed by atoms with Gasteiger partial charge in [-0.1, -0.05) is 13.8 Å². The van der Waals surface area contributed by atoms with Crippen LogP contribution in [0.5, 0.6) is 0 Å². The molecule has 1 aliphatic heterocycles. The van der Waals surface area contributed by atoms with Crippen molar-refractivity contribution < 1.29 is 23.3 Å². The van der Waals surface area contributed by atoms with Gasteiger partial charge in [-0.2, -0.15) is 0 Å². The molecular weight excluding hydrogens is 380 g/mol. The smallest absolute Gasteiger partial charge is 0.330 e. The maximum absolute atomic E-state index is 15.1. The molecule has 0 spiro atoms. The van der Waals surface area contributed by atoms with Gasteiger partial charge in [-0.05, 0) is 20.3 Å².